The highest BCUT2D eigenvalue weighted by Gasteiger charge is 2.55. The second kappa shape index (κ2) is 8.10. The number of halogens is 4. The number of rotatable bonds is 4. The van der Waals surface area contributed by atoms with Crippen molar-refractivity contribution >= 4 is 28.9 Å². The monoisotopic (exact) mass is 500 g/mol. The molecule has 12 heteroatoms. The van der Waals surface area contributed by atoms with Crippen LogP contribution in [0.25, 0.3) is 5.52 Å². The molecule has 2 amide bonds. The average molecular weight is 501 g/mol. The van der Waals surface area contributed by atoms with E-state index in [4.69, 9.17) is 11.6 Å². The molecule has 2 unspecified atom stereocenters. The van der Waals surface area contributed by atoms with E-state index >= 15 is 0 Å². The summed E-state index contributed by atoms with van der Waals surface area (Å²) in [6, 6.07) is 2.00. The minimum atomic E-state index is -4.77. The van der Waals surface area contributed by atoms with E-state index in [-0.39, 0.29) is 65.9 Å². The van der Waals surface area contributed by atoms with Crippen LogP contribution in [0.5, 0.6) is 0 Å². The van der Waals surface area contributed by atoms with Crippen LogP contribution in [0.4, 0.5) is 13.2 Å². The van der Waals surface area contributed by atoms with Crippen molar-refractivity contribution in [2.24, 2.45) is 11.8 Å². The fourth-order valence-corrected chi connectivity index (χ4v) is 5.49. The molecule has 1 saturated heterocycles. The van der Waals surface area contributed by atoms with Crippen LogP contribution in [0.1, 0.15) is 47.4 Å². The van der Waals surface area contributed by atoms with Crippen LogP contribution in [0, 0.1) is 11.8 Å². The van der Waals surface area contributed by atoms with Crippen LogP contribution in [0.2, 0.25) is 5.02 Å². The number of aromatic nitrogens is 2. The molecule has 0 radical (unpaired) electrons. The summed E-state index contributed by atoms with van der Waals surface area (Å²) < 4.78 is 41.8. The van der Waals surface area contributed by atoms with E-state index in [1.54, 1.807) is 11.8 Å². The van der Waals surface area contributed by atoms with Gasteiger partial charge in [0.1, 0.15) is 12.2 Å². The van der Waals surface area contributed by atoms with Crippen LogP contribution >= 0.6 is 11.6 Å². The van der Waals surface area contributed by atoms with Gasteiger partial charge in [-0.2, -0.15) is 18.3 Å². The molecule has 2 aliphatic carbocycles. The lowest BCUT2D eigenvalue weighted by atomic mass is 10.0. The lowest BCUT2D eigenvalue weighted by Crippen LogP contribution is -2.57. The number of piperazine rings is 1. The Labute approximate surface area is 197 Å². The van der Waals surface area contributed by atoms with Gasteiger partial charge in [-0.25, -0.2) is 4.52 Å². The molecule has 3 fully saturated rings. The number of carbonyl (C=O) groups excluding carboxylic acids is 2. The first kappa shape index (κ1) is 23.4. The van der Waals surface area contributed by atoms with Gasteiger partial charge in [0, 0.05) is 25.6 Å². The summed E-state index contributed by atoms with van der Waals surface area (Å²) in [5, 5.41) is 23.4. The second-order valence-corrected chi connectivity index (χ2v) is 9.86. The van der Waals surface area contributed by atoms with Crippen molar-refractivity contribution < 1.29 is 33.0 Å². The third-order valence-electron chi connectivity index (χ3n) is 7.33. The highest BCUT2D eigenvalue weighted by Crippen LogP contribution is 2.53. The van der Waals surface area contributed by atoms with Crippen molar-refractivity contribution in [3.63, 3.8) is 0 Å². The molecule has 5 rings (SSSR count). The third-order valence-corrected chi connectivity index (χ3v) is 7.70. The van der Waals surface area contributed by atoms with Crippen molar-refractivity contribution in [2.45, 2.75) is 44.0 Å². The fourth-order valence-electron chi connectivity index (χ4n) is 5.23. The van der Waals surface area contributed by atoms with Gasteiger partial charge in [0.25, 0.3) is 5.91 Å². The van der Waals surface area contributed by atoms with Gasteiger partial charge in [-0.05, 0) is 42.4 Å². The Morgan fingerprint density at radius 2 is 2.03 bits per heavy atom. The van der Waals surface area contributed by atoms with Crippen LogP contribution in [-0.2, 0) is 11.0 Å². The van der Waals surface area contributed by atoms with E-state index in [1.165, 1.54) is 11.0 Å². The quantitative estimate of drug-likeness (QED) is 0.670. The van der Waals surface area contributed by atoms with E-state index < -0.39 is 29.8 Å². The Bertz CT molecular complexity index is 1170. The SMILES string of the molecule is CC(CO)c1cc(C(F)(F)F)n2nc(C(=O)N3CCN([C@H]4CC5C[C@@H]5[C@@H]4O)C(=O)C3)c(Cl)c2c1. The number of hydrogen-bond acceptors (Lipinski definition) is 5. The number of hydrogen-bond donors (Lipinski definition) is 2. The molecule has 3 heterocycles. The van der Waals surface area contributed by atoms with Crippen molar-refractivity contribution in [2.75, 3.05) is 26.2 Å². The minimum Gasteiger partial charge on any atom is -0.396 e. The van der Waals surface area contributed by atoms with Crippen molar-refractivity contribution in [3.8, 4) is 0 Å². The smallest absolute Gasteiger partial charge is 0.396 e. The third kappa shape index (κ3) is 3.74. The average Bonchev–Trinajstić information content (AvgIpc) is 3.40. The van der Waals surface area contributed by atoms with Crippen LogP contribution < -0.4 is 0 Å². The van der Waals surface area contributed by atoms with Crippen LogP contribution in [0.3, 0.4) is 0 Å². The zero-order valence-corrected chi connectivity index (χ0v) is 19.1. The molecule has 184 valence electrons. The second-order valence-electron chi connectivity index (χ2n) is 9.48. The number of fused-ring (bicyclic) bond motifs is 2. The molecule has 0 aromatic carbocycles. The maximum Gasteiger partial charge on any atom is 0.433 e. The number of alkyl halides is 3. The van der Waals surface area contributed by atoms with Gasteiger partial charge in [-0.1, -0.05) is 18.5 Å². The van der Waals surface area contributed by atoms with Gasteiger partial charge in [0.15, 0.2) is 5.69 Å². The van der Waals surface area contributed by atoms with Gasteiger partial charge < -0.3 is 20.0 Å². The number of aliphatic hydroxyl groups is 2. The maximum atomic E-state index is 13.7. The number of pyridine rings is 1. The standard InChI is InChI=1S/C22H24ClF3N4O4/c1-10(9-31)11-5-14-18(23)19(27-30(14)16(7-11)22(24,25)26)21(34)28-2-3-29(17(32)8-28)15-6-12-4-13(12)20(15)33/h5,7,10,12-13,15,20,31,33H,2-4,6,8-9H2,1H3/t10?,12?,13-,15-,20-/m0/s1. The highest BCUT2D eigenvalue weighted by atomic mass is 35.5. The Morgan fingerprint density at radius 1 is 1.29 bits per heavy atom. The summed E-state index contributed by atoms with van der Waals surface area (Å²) >= 11 is 6.33. The normalized spacial score (nSPS) is 27.9. The number of aliphatic hydroxyl groups excluding tert-OH is 2. The maximum absolute atomic E-state index is 13.7. The molecular weight excluding hydrogens is 477 g/mol. The highest BCUT2D eigenvalue weighted by molar-refractivity contribution is 6.36. The van der Waals surface area contributed by atoms with Gasteiger partial charge in [0.05, 0.1) is 22.7 Å². The molecular formula is C22H24ClF3N4O4. The lowest BCUT2D eigenvalue weighted by Gasteiger charge is -2.39. The first-order valence-corrected chi connectivity index (χ1v) is 11.6. The van der Waals surface area contributed by atoms with E-state index in [9.17, 15) is 33.0 Å². The number of nitrogens with zero attached hydrogens (tertiary/aromatic N) is 4. The van der Waals surface area contributed by atoms with Crippen molar-refractivity contribution in [3.05, 3.63) is 34.1 Å². The van der Waals surface area contributed by atoms with Gasteiger partial charge in [0.2, 0.25) is 5.91 Å². The zero-order chi connectivity index (χ0) is 24.5. The fraction of sp³-hybridized carbons (Fsp3) is 0.591. The van der Waals surface area contributed by atoms with Crippen LogP contribution in [0.15, 0.2) is 12.1 Å². The van der Waals surface area contributed by atoms with E-state index in [0.717, 1.165) is 18.9 Å². The van der Waals surface area contributed by atoms with E-state index in [2.05, 4.69) is 5.10 Å². The Kier molecular flexibility index (Phi) is 5.57. The van der Waals surface area contributed by atoms with Gasteiger partial charge >= 0.3 is 6.18 Å². The van der Waals surface area contributed by atoms with Crippen molar-refractivity contribution in [1.29, 1.82) is 0 Å². The molecule has 2 saturated carbocycles. The molecule has 8 nitrogen and oxygen atoms in total. The Morgan fingerprint density at radius 3 is 2.62 bits per heavy atom. The Hall–Kier alpha value is -2.37. The Balaban J connectivity index is 1.42. The van der Waals surface area contributed by atoms with Gasteiger partial charge in [-0.3, -0.25) is 9.59 Å². The molecule has 1 aliphatic heterocycles. The largest absolute Gasteiger partial charge is 0.433 e. The van der Waals surface area contributed by atoms with Crippen LogP contribution in [-0.4, -0.2) is 79.8 Å². The molecule has 3 aliphatic rings. The number of amides is 2. The molecule has 2 aromatic rings. The summed E-state index contributed by atoms with van der Waals surface area (Å²) in [7, 11) is 0. The summed E-state index contributed by atoms with van der Waals surface area (Å²) in [5.41, 5.74) is -1.38. The molecule has 2 aromatic heterocycles. The summed E-state index contributed by atoms with van der Waals surface area (Å²) in [4.78, 5) is 28.8. The van der Waals surface area contributed by atoms with Crippen molar-refractivity contribution in [1.82, 2.24) is 19.4 Å². The summed E-state index contributed by atoms with van der Waals surface area (Å²) in [6.07, 6.45) is -3.60. The predicted molar refractivity (Wildman–Crippen MR) is 114 cm³/mol. The summed E-state index contributed by atoms with van der Waals surface area (Å²) in [5.74, 6) is -0.943. The van der Waals surface area contributed by atoms with E-state index in [0.29, 0.717) is 10.4 Å². The first-order valence-electron chi connectivity index (χ1n) is 11.2. The lowest BCUT2D eigenvalue weighted by molar-refractivity contribution is -0.142. The molecule has 0 spiro atoms. The molecule has 34 heavy (non-hydrogen) atoms. The number of carbonyl (C=O) groups is 2. The first-order chi connectivity index (χ1) is 16.0. The summed E-state index contributed by atoms with van der Waals surface area (Å²) in [6.45, 7) is 1.32. The molecule has 2 N–H and O–H groups in total. The topological polar surface area (TPSA) is 98.4 Å². The minimum absolute atomic E-state index is 0.103. The predicted octanol–water partition coefficient (Wildman–Crippen LogP) is 2.16. The zero-order valence-electron chi connectivity index (χ0n) is 18.3. The molecule has 0 bridgehead atoms. The van der Waals surface area contributed by atoms with E-state index in [1.807, 2.05) is 0 Å². The van der Waals surface area contributed by atoms with Gasteiger partial charge in [-0.15, -0.1) is 0 Å². The molecule has 5 atom stereocenters.